The molecule has 0 saturated carbocycles. The van der Waals surface area contributed by atoms with Gasteiger partial charge in [-0.15, -0.1) is 0 Å². The molecule has 0 radical (unpaired) electrons. The highest BCUT2D eigenvalue weighted by molar-refractivity contribution is 5.87. The molecule has 0 saturated heterocycles. The molecule has 1 unspecified atom stereocenters. The highest BCUT2D eigenvalue weighted by atomic mass is 16.5. The molecule has 0 rings (SSSR count). The van der Waals surface area contributed by atoms with E-state index in [1.807, 2.05) is 6.92 Å². The van der Waals surface area contributed by atoms with Gasteiger partial charge in [-0.3, -0.25) is 0 Å². The quantitative estimate of drug-likeness (QED) is 0.329. The van der Waals surface area contributed by atoms with Crippen LogP contribution in [0.3, 0.4) is 0 Å². The molecule has 0 spiro atoms. The minimum absolute atomic E-state index is 0.0641. The Labute approximate surface area is 128 Å². The molecule has 120 valence electrons. The van der Waals surface area contributed by atoms with Gasteiger partial charge in [-0.05, 0) is 40.0 Å². The average molecular weight is 296 g/mol. The summed E-state index contributed by atoms with van der Waals surface area (Å²) < 4.78 is 10.2. The van der Waals surface area contributed by atoms with Crippen LogP contribution in [0.5, 0.6) is 0 Å². The summed E-state index contributed by atoms with van der Waals surface area (Å²) in [5.41, 5.74) is 0.874. The third kappa shape index (κ3) is 10.8. The average Bonchev–Trinajstić information content (AvgIpc) is 2.40. The Morgan fingerprint density at radius 2 is 1.43 bits per heavy atom. The first-order valence-electron chi connectivity index (χ1n) is 7.53. The van der Waals surface area contributed by atoms with Crippen molar-refractivity contribution in [3.8, 4) is 0 Å². The molecule has 0 heterocycles. The number of unbranched alkanes of at least 4 members (excludes halogenated alkanes) is 4. The fraction of sp³-hybridized carbons (Fsp3) is 0.647. The van der Waals surface area contributed by atoms with E-state index in [1.54, 1.807) is 13.8 Å². The summed E-state index contributed by atoms with van der Waals surface area (Å²) in [4.78, 5) is 22.4. The number of esters is 2. The van der Waals surface area contributed by atoms with E-state index in [0.29, 0.717) is 17.8 Å². The summed E-state index contributed by atoms with van der Waals surface area (Å²) >= 11 is 0. The normalized spacial score (nSPS) is 11.6. The number of hydrogen-bond donors (Lipinski definition) is 0. The van der Waals surface area contributed by atoms with E-state index in [4.69, 9.17) is 9.47 Å². The predicted octanol–water partition coefficient (Wildman–Crippen LogP) is 3.95. The van der Waals surface area contributed by atoms with Gasteiger partial charge in [-0.1, -0.05) is 32.4 Å². The largest absolute Gasteiger partial charge is 0.462 e. The van der Waals surface area contributed by atoms with Crippen LogP contribution in [0.4, 0.5) is 0 Å². The maximum Gasteiger partial charge on any atom is 0.333 e. The lowest BCUT2D eigenvalue weighted by atomic mass is 10.1. The Bertz CT molecular complexity index is 371. The number of ether oxygens (including phenoxy) is 2. The molecular weight excluding hydrogens is 268 g/mol. The summed E-state index contributed by atoms with van der Waals surface area (Å²) in [7, 11) is 0. The molecule has 0 aliphatic rings. The second kappa shape index (κ2) is 11.1. The summed E-state index contributed by atoms with van der Waals surface area (Å²) in [5, 5.41) is 0. The Hall–Kier alpha value is -1.58. The lowest BCUT2D eigenvalue weighted by Crippen LogP contribution is -2.15. The van der Waals surface area contributed by atoms with Gasteiger partial charge in [0.25, 0.3) is 0 Å². The maximum atomic E-state index is 11.3. The third-order valence-electron chi connectivity index (χ3n) is 2.99. The lowest BCUT2D eigenvalue weighted by molar-refractivity contribution is -0.143. The summed E-state index contributed by atoms with van der Waals surface area (Å²) in [5.74, 6) is -0.634. The lowest BCUT2D eigenvalue weighted by Gasteiger charge is -2.12. The molecule has 0 aromatic rings. The Balaban J connectivity index is 3.44. The molecule has 0 aromatic carbocycles. The van der Waals surface area contributed by atoms with Crippen LogP contribution in [0.1, 0.15) is 59.3 Å². The van der Waals surface area contributed by atoms with E-state index < -0.39 is 0 Å². The first-order chi connectivity index (χ1) is 9.84. The first kappa shape index (κ1) is 19.4. The van der Waals surface area contributed by atoms with Crippen molar-refractivity contribution in [3.63, 3.8) is 0 Å². The molecule has 0 aliphatic carbocycles. The van der Waals surface area contributed by atoms with E-state index in [1.165, 1.54) is 0 Å². The van der Waals surface area contributed by atoms with Crippen LogP contribution < -0.4 is 0 Å². The van der Waals surface area contributed by atoms with Crippen molar-refractivity contribution in [1.29, 1.82) is 0 Å². The van der Waals surface area contributed by atoms with Crippen molar-refractivity contribution in [2.24, 2.45) is 0 Å². The van der Waals surface area contributed by atoms with Crippen molar-refractivity contribution in [2.45, 2.75) is 65.4 Å². The SMILES string of the molecule is C=C(C)C(=O)OCCCCCCCC(C)OC(=O)C(=C)C. The van der Waals surface area contributed by atoms with Gasteiger partial charge in [0.2, 0.25) is 0 Å². The van der Waals surface area contributed by atoms with Crippen LogP contribution in [0.2, 0.25) is 0 Å². The predicted molar refractivity (Wildman–Crippen MR) is 83.8 cm³/mol. The van der Waals surface area contributed by atoms with Crippen LogP contribution in [0.15, 0.2) is 24.3 Å². The van der Waals surface area contributed by atoms with E-state index in [0.717, 1.165) is 38.5 Å². The second-order valence-corrected chi connectivity index (χ2v) is 5.47. The highest BCUT2D eigenvalue weighted by Crippen LogP contribution is 2.10. The highest BCUT2D eigenvalue weighted by Gasteiger charge is 2.09. The molecule has 0 N–H and O–H groups in total. The van der Waals surface area contributed by atoms with Crippen molar-refractivity contribution >= 4 is 11.9 Å². The number of carbonyl (C=O) groups is 2. The number of rotatable bonds is 11. The smallest absolute Gasteiger partial charge is 0.333 e. The van der Waals surface area contributed by atoms with E-state index in [9.17, 15) is 9.59 Å². The summed E-state index contributed by atoms with van der Waals surface area (Å²) in [6.07, 6.45) is 5.91. The van der Waals surface area contributed by atoms with E-state index in [-0.39, 0.29) is 18.0 Å². The van der Waals surface area contributed by atoms with Gasteiger partial charge in [-0.2, -0.15) is 0 Å². The topological polar surface area (TPSA) is 52.6 Å². The van der Waals surface area contributed by atoms with Crippen LogP contribution in [0, 0.1) is 0 Å². The van der Waals surface area contributed by atoms with Gasteiger partial charge >= 0.3 is 11.9 Å². The number of hydrogen-bond acceptors (Lipinski definition) is 4. The van der Waals surface area contributed by atoms with Crippen molar-refractivity contribution in [1.82, 2.24) is 0 Å². The Morgan fingerprint density at radius 3 is 2.00 bits per heavy atom. The van der Waals surface area contributed by atoms with Crippen molar-refractivity contribution < 1.29 is 19.1 Å². The molecule has 0 aromatic heterocycles. The van der Waals surface area contributed by atoms with Gasteiger partial charge in [-0.25, -0.2) is 9.59 Å². The summed E-state index contributed by atoms with van der Waals surface area (Å²) in [6, 6.07) is 0. The Kier molecular flexibility index (Phi) is 10.3. The molecule has 0 aliphatic heterocycles. The zero-order valence-electron chi connectivity index (χ0n) is 13.6. The van der Waals surface area contributed by atoms with Gasteiger partial charge < -0.3 is 9.47 Å². The third-order valence-corrected chi connectivity index (χ3v) is 2.99. The minimum Gasteiger partial charge on any atom is -0.462 e. The van der Waals surface area contributed by atoms with Crippen LogP contribution in [0.25, 0.3) is 0 Å². The van der Waals surface area contributed by atoms with Gasteiger partial charge in [0.1, 0.15) is 0 Å². The van der Waals surface area contributed by atoms with Gasteiger partial charge in [0.15, 0.2) is 0 Å². The molecular formula is C17H28O4. The fourth-order valence-corrected chi connectivity index (χ4v) is 1.69. The fourth-order valence-electron chi connectivity index (χ4n) is 1.69. The van der Waals surface area contributed by atoms with Crippen molar-refractivity contribution in [3.05, 3.63) is 24.3 Å². The Morgan fingerprint density at radius 1 is 0.905 bits per heavy atom. The summed E-state index contributed by atoms with van der Waals surface area (Å²) in [6.45, 7) is 12.7. The zero-order chi connectivity index (χ0) is 16.3. The minimum atomic E-state index is -0.318. The van der Waals surface area contributed by atoms with Gasteiger partial charge in [0, 0.05) is 11.1 Å². The molecule has 1 atom stereocenters. The molecule has 0 fully saturated rings. The monoisotopic (exact) mass is 296 g/mol. The van der Waals surface area contributed by atoms with Crippen LogP contribution >= 0.6 is 0 Å². The molecule has 4 nitrogen and oxygen atoms in total. The second-order valence-electron chi connectivity index (χ2n) is 5.47. The standard InChI is InChI=1S/C17H28O4/c1-13(2)16(18)20-12-10-8-6-7-9-11-15(5)21-17(19)14(3)4/h15H,1,3,6-12H2,2,4-5H3. The zero-order valence-corrected chi connectivity index (χ0v) is 13.6. The molecule has 0 amide bonds. The first-order valence-corrected chi connectivity index (χ1v) is 7.53. The van der Waals surface area contributed by atoms with Crippen LogP contribution in [-0.2, 0) is 19.1 Å². The number of carbonyl (C=O) groups excluding carboxylic acids is 2. The van der Waals surface area contributed by atoms with Crippen LogP contribution in [-0.4, -0.2) is 24.6 Å². The van der Waals surface area contributed by atoms with E-state index >= 15 is 0 Å². The maximum absolute atomic E-state index is 11.3. The van der Waals surface area contributed by atoms with E-state index in [2.05, 4.69) is 13.2 Å². The molecule has 0 bridgehead atoms. The molecule has 21 heavy (non-hydrogen) atoms. The van der Waals surface area contributed by atoms with Gasteiger partial charge in [0.05, 0.1) is 12.7 Å². The van der Waals surface area contributed by atoms with Crippen molar-refractivity contribution in [2.75, 3.05) is 6.61 Å². The molecule has 4 heteroatoms.